The molecule has 6 heteroatoms. The first kappa shape index (κ1) is 14.2. The first-order valence-electron chi connectivity index (χ1n) is 6.36. The van der Waals surface area contributed by atoms with E-state index in [0.29, 0.717) is 18.1 Å². The normalized spacial score (nSPS) is 12.2. The van der Waals surface area contributed by atoms with Crippen LogP contribution in [0.5, 0.6) is 0 Å². The topological polar surface area (TPSA) is 71.7 Å². The number of aryl methyl sites for hydroxylation is 1. The van der Waals surface area contributed by atoms with Crippen LogP contribution in [0.15, 0.2) is 34.9 Å². The Morgan fingerprint density at radius 1 is 1.45 bits per heavy atom. The van der Waals surface area contributed by atoms with Crippen LogP contribution >= 0.6 is 0 Å². The van der Waals surface area contributed by atoms with E-state index in [1.54, 1.807) is 32.0 Å². The molecule has 2 rings (SSSR count). The molecule has 0 aliphatic rings. The van der Waals surface area contributed by atoms with Gasteiger partial charge < -0.3 is 15.2 Å². The number of carbonyl (C=O) groups excluding carboxylic acids is 1. The molecule has 0 fully saturated rings. The summed E-state index contributed by atoms with van der Waals surface area (Å²) in [4.78, 5) is 11.9. The van der Waals surface area contributed by atoms with E-state index in [0.717, 1.165) is 5.56 Å². The zero-order chi connectivity index (χ0) is 14.5. The zero-order valence-electron chi connectivity index (χ0n) is 11.4. The van der Waals surface area contributed by atoms with Crippen LogP contribution in [0.1, 0.15) is 18.2 Å². The van der Waals surface area contributed by atoms with E-state index in [2.05, 4.69) is 10.5 Å². The van der Waals surface area contributed by atoms with Gasteiger partial charge in [-0.15, -0.1) is 0 Å². The molecule has 1 heterocycles. The first-order chi connectivity index (χ1) is 9.54. The maximum absolute atomic E-state index is 12.8. The van der Waals surface area contributed by atoms with Gasteiger partial charge in [0.25, 0.3) is 5.91 Å². The monoisotopic (exact) mass is 278 g/mol. The summed E-state index contributed by atoms with van der Waals surface area (Å²) in [5, 5.41) is 8.25. The summed E-state index contributed by atoms with van der Waals surface area (Å²) in [6.07, 6.45) is 0. The number of quaternary nitrogens is 1. The lowest BCUT2D eigenvalue weighted by Crippen LogP contribution is -2.90. The molecule has 0 saturated heterocycles. The van der Waals surface area contributed by atoms with Crippen molar-refractivity contribution >= 4 is 11.7 Å². The van der Waals surface area contributed by atoms with Crippen LogP contribution in [0.2, 0.25) is 0 Å². The van der Waals surface area contributed by atoms with Gasteiger partial charge in [0.2, 0.25) is 0 Å². The largest absolute Gasteiger partial charge is 0.360 e. The van der Waals surface area contributed by atoms with Crippen molar-refractivity contribution in [3.63, 3.8) is 0 Å². The lowest BCUT2D eigenvalue weighted by Gasteiger charge is -2.09. The van der Waals surface area contributed by atoms with Crippen LogP contribution in [0.4, 0.5) is 10.2 Å². The van der Waals surface area contributed by atoms with Crippen molar-refractivity contribution in [1.29, 1.82) is 0 Å². The zero-order valence-corrected chi connectivity index (χ0v) is 11.4. The van der Waals surface area contributed by atoms with Crippen molar-refractivity contribution in [2.75, 3.05) is 5.32 Å². The summed E-state index contributed by atoms with van der Waals surface area (Å²) in [5.74, 6) is 0.638. The fourth-order valence-corrected chi connectivity index (χ4v) is 1.71. The maximum atomic E-state index is 12.8. The highest BCUT2D eigenvalue weighted by atomic mass is 19.1. The number of nitrogens with two attached hydrogens (primary N) is 1. The Morgan fingerprint density at radius 2 is 2.15 bits per heavy atom. The average molecular weight is 278 g/mol. The lowest BCUT2D eigenvalue weighted by molar-refractivity contribution is -0.688. The molecular weight excluding hydrogens is 261 g/mol. The van der Waals surface area contributed by atoms with E-state index in [1.807, 2.05) is 5.32 Å². The van der Waals surface area contributed by atoms with Crippen molar-refractivity contribution in [3.8, 4) is 0 Å². The Balaban J connectivity index is 1.83. The van der Waals surface area contributed by atoms with E-state index >= 15 is 0 Å². The Labute approximate surface area is 116 Å². The molecule has 3 N–H and O–H groups in total. The van der Waals surface area contributed by atoms with Crippen molar-refractivity contribution in [2.24, 2.45) is 0 Å². The molecule has 20 heavy (non-hydrogen) atoms. The van der Waals surface area contributed by atoms with Gasteiger partial charge in [-0.25, -0.2) is 4.39 Å². The van der Waals surface area contributed by atoms with Gasteiger partial charge in [0, 0.05) is 11.6 Å². The average Bonchev–Trinajstić information content (AvgIpc) is 2.83. The first-order valence-corrected chi connectivity index (χ1v) is 6.36. The molecule has 106 valence electrons. The second-order valence-electron chi connectivity index (χ2n) is 4.67. The van der Waals surface area contributed by atoms with Crippen LogP contribution < -0.4 is 10.6 Å². The summed E-state index contributed by atoms with van der Waals surface area (Å²) in [7, 11) is 0. The van der Waals surface area contributed by atoms with Crippen molar-refractivity contribution in [3.05, 3.63) is 47.5 Å². The highest BCUT2D eigenvalue weighted by molar-refractivity contribution is 5.92. The van der Waals surface area contributed by atoms with Crippen molar-refractivity contribution < 1.29 is 19.0 Å². The van der Waals surface area contributed by atoms with E-state index < -0.39 is 0 Å². The van der Waals surface area contributed by atoms with Gasteiger partial charge in [-0.2, -0.15) is 0 Å². The van der Waals surface area contributed by atoms with Gasteiger partial charge in [-0.3, -0.25) is 4.79 Å². The molecule has 0 bridgehead atoms. The van der Waals surface area contributed by atoms with E-state index in [4.69, 9.17) is 4.52 Å². The molecule has 1 aromatic carbocycles. The van der Waals surface area contributed by atoms with Crippen molar-refractivity contribution in [2.45, 2.75) is 26.4 Å². The highest BCUT2D eigenvalue weighted by Crippen LogP contribution is 2.06. The summed E-state index contributed by atoms with van der Waals surface area (Å²) in [5.41, 5.74) is 0.961. The van der Waals surface area contributed by atoms with Crippen LogP contribution in [-0.2, 0) is 11.3 Å². The summed E-state index contributed by atoms with van der Waals surface area (Å²) < 4.78 is 17.6. The standard InChI is InChI=1S/C14H16FN3O2/c1-9-7-13(18-20-9)17-14(19)10(2)16-8-11-3-5-12(15)6-4-11/h3-7,10,16H,8H2,1-2H3,(H,17,18,19)/p+1/t10-/m1/s1. The molecule has 5 nitrogen and oxygen atoms in total. The van der Waals surface area contributed by atoms with Crippen LogP contribution in [-0.4, -0.2) is 17.1 Å². The SMILES string of the molecule is Cc1cc(NC(=O)[C@@H](C)[NH2+]Cc2ccc(F)cc2)no1. The second kappa shape index (κ2) is 6.29. The number of halogens is 1. The number of aromatic nitrogens is 1. The molecule has 1 atom stereocenters. The fraction of sp³-hybridized carbons (Fsp3) is 0.286. The molecule has 1 amide bonds. The number of carbonyl (C=O) groups is 1. The number of anilines is 1. The number of benzene rings is 1. The Hall–Kier alpha value is -2.21. The molecule has 2 aromatic rings. The van der Waals surface area contributed by atoms with Gasteiger partial charge >= 0.3 is 0 Å². The molecule has 0 aliphatic heterocycles. The Morgan fingerprint density at radius 3 is 2.75 bits per heavy atom. The van der Waals surface area contributed by atoms with E-state index in [1.165, 1.54) is 12.1 Å². The third-order valence-electron chi connectivity index (χ3n) is 2.91. The van der Waals surface area contributed by atoms with Gasteiger partial charge in [0.15, 0.2) is 11.9 Å². The van der Waals surface area contributed by atoms with Crippen molar-refractivity contribution in [1.82, 2.24) is 5.16 Å². The second-order valence-corrected chi connectivity index (χ2v) is 4.67. The van der Waals surface area contributed by atoms with Gasteiger partial charge in [-0.05, 0) is 26.0 Å². The molecule has 0 spiro atoms. The number of hydrogen-bond donors (Lipinski definition) is 2. The molecule has 0 aliphatic carbocycles. The predicted molar refractivity (Wildman–Crippen MR) is 71.4 cm³/mol. The molecule has 1 aromatic heterocycles. The fourth-order valence-electron chi connectivity index (χ4n) is 1.71. The third-order valence-corrected chi connectivity index (χ3v) is 2.91. The summed E-state index contributed by atoms with van der Waals surface area (Å²) in [6, 6.07) is 7.61. The van der Waals surface area contributed by atoms with E-state index in [-0.39, 0.29) is 17.8 Å². The van der Waals surface area contributed by atoms with Crippen LogP contribution in [0, 0.1) is 12.7 Å². The summed E-state index contributed by atoms with van der Waals surface area (Å²) in [6.45, 7) is 4.16. The number of nitrogens with one attached hydrogen (secondary N) is 1. The quantitative estimate of drug-likeness (QED) is 0.863. The smallest absolute Gasteiger partial charge is 0.283 e. The van der Waals surface area contributed by atoms with E-state index in [9.17, 15) is 9.18 Å². The number of hydrogen-bond acceptors (Lipinski definition) is 3. The number of rotatable bonds is 5. The van der Waals surface area contributed by atoms with Gasteiger partial charge in [0.05, 0.1) is 0 Å². The Bertz CT molecular complexity index is 580. The third kappa shape index (κ3) is 3.89. The predicted octanol–water partition coefficient (Wildman–Crippen LogP) is 1.21. The number of nitrogens with zero attached hydrogens (tertiary/aromatic N) is 1. The minimum Gasteiger partial charge on any atom is -0.360 e. The molecular formula is C14H17FN3O2+. The lowest BCUT2D eigenvalue weighted by atomic mass is 10.2. The van der Waals surface area contributed by atoms with Crippen LogP contribution in [0.3, 0.4) is 0 Å². The molecule has 0 radical (unpaired) electrons. The molecule has 0 saturated carbocycles. The van der Waals surface area contributed by atoms with Gasteiger partial charge in [-0.1, -0.05) is 17.3 Å². The minimum atomic E-state index is -0.281. The Kier molecular flexibility index (Phi) is 4.47. The summed E-state index contributed by atoms with van der Waals surface area (Å²) >= 11 is 0. The molecule has 0 unspecified atom stereocenters. The number of amides is 1. The van der Waals surface area contributed by atoms with Gasteiger partial charge in [0.1, 0.15) is 18.1 Å². The maximum Gasteiger partial charge on any atom is 0.283 e. The van der Waals surface area contributed by atoms with Crippen LogP contribution in [0.25, 0.3) is 0 Å². The minimum absolute atomic E-state index is 0.152. The highest BCUT2D eigenvalue weighted by Gasteiger charge is 2.17.